The van der Waals surface area contributed by atoms with Gasteiger partial charge in [0.05, 0.1) is 23.2 Å². The summed E-state index contributed by atoms with van der Waals surface area (Å²) in [7, 11) is 1.55. The standard InChI is InChI=1S/C16H22INO4/c1-3-22-16(20)12-5-4-6-18(10-12)9-11-7-13(17)15(19)14(8-11)21-2/h7-8,12,19H,3-6,9-10H2,1-2H3/t12-/m1/s1. The van der Waals surface area contributed by atoms with Crippen LogP contribution in [-0.2, 0) is 16.1 Å². The molecule has 2 rings (SSSR count). The Morgan fingerprint density at radius 1 is 1.50 bits per heavy atom. The summed E-state index contributed by atoms with van der Waals surface area (Å²) in [4.78, 5) is 14.1. The number of likely N-dealkylation sites (tertiary alicyclic amines) is 1. The third kappa shape index (κ3) is 4.25. The van der Waals surface area contributed by atoms with Gasteiger partial charge in [0.1, 0.15) is 0 Å². The molecule has 0 saturated carbocycles. The molecule has 1 fully saturated rings. The molecule has 122 valence electrons. The molecule has 22 heavy (non-hydrogen) atoms. The first-order valence-electron chi connectivity index (χ1n) is 7.49. The predicted octanol–water partition coefficient (Wildman–Crippen LogP) is 2.78. The van der Waals surface area contributed by atoms with Crippen molar-refractivity contribution in [2.75, 3.05) is 26.8 Å². The summed E-state index contributed by atoms with van der Waals surface area (Å²) in [5.41, 5.74) is 1.07. The number of methoxy groups -OCH3 is 1. The fourth-order valence-electron chi connectivity index (χ4n) is 2.78. The van der Waals surface area contributed by atoms with Gasteiger partial charge in [-0.15, -0.1) is 0 Å². The molecular weight excluding hydrogens is 397 g/mol. The molecule has 1 saturated heterocycles. The molecule has 1 aromatic carbocycles. The quantitative estimate of drug-likeness (QED) is 0.588. The van der Waals surface area contributed by atoms with Crippen molar-refractivity contribution in [3.05, 3.63) is 21.3 Å². The maximum Gasteiger partial charge on any atom is 0.310 e. The van der Waals surface area contributed by atoms with E-state index in [1.54, 1.807) is 7.11 Å². The molecule has 6 heteroatoms. The lowest BCUT2D eigenvalue weighted by atomic mass is 9.97. The van der Waals surface area contributed by atoms with Crippen molar-refractivity contribution in [1.29, 1.82) is 0 Å². The predicted molar refractivity (Wildman–Crippen MR) is 92.0 cm³/mol. The number of rotatable bonds is 5. The van der Waals surface area contributed by atoms with Crippen LogP contribution in [0.5, 0.6) is 11.5 Å². The van der Waals surface area contributed by atoms with E-state index in [0.29, 0.717) is 12.4 Å². The van der Waals surface area contributed by atoms with Gasteiger partial charge in [0.25, 0.3) is 0 Å². The second kappa shape index (κ2) is 8.01. The lowest BCUT2D eigenvalue weighted by Gasteiger charge is -2.31. The Labute approximate surface area is 144 Å². The van der Waals surface area contributed by atoms with Crippen LogP contribution in [0.2, 0.25) is 0 Å². The molecule has 0 radical (unpaired) electrons. The SMILES string of the molecule is CCOC(=O)[C@@H]1CCCN(Cc2cc(I)c(O)c(OC)c2)C1. The number of hydrogen-bond acceptors (Lipinski definition) is 5. The van der Waals surface area contributed by atoms with E-state index in [1.807, 2.05) is 19.1 Å². The Hall–Kier alpha value is -1.02. The zero-order valence-corrected chi connectivity index (χ0v) is 15.1. The first kappa shape index (κ1) is 17.3. The minimum atomic E-state index is -0.0925. The minimum Gasteiger partial charge on any atom is -0.504 e. The normalized spacial score (nSPS) is 19.0. The molecular formula is C16H22INO4. The second-order valence-electron chi connectivity index (χ2n) is 5.45. The highest BCUT2D eigenvalue weighted by Crippen LogP contribution is 2.33. The lowest BCUT2D eigenvalue weighted by Crippen LogP contribution is -2.38. The average molecular weight is 419 g/mol. The van der Waals surface area contributed by atoms with Crippen molar-refractivity contribution in [3.63, 3.8) is 0 Å². The smallest absolute Gasteiger partial charge is 0.310 e. The number of esters is 1. The molecule has 1 aliphatic rings. The molecule has 1 aliphatic heterocycles. The van der Waals surface area contributed by atoms with Crippen LogP contribution < -0.4 is 4.74 Å². The van der Waals surface area contributed by atoms with E-state index < -0.39 is 0 Å². The van der Waals surface area contributed by atoms with Crippen LogP contribution in [0.4, 0.5) is 0 Å². The van der Waals surface area contributed by atoms with Crippen molar-refractivity contribution in [2.24, 2.45) is 5.92 Å². The largest absolute Gasteiger partial charge is 0.504 e. The van der Waals surface area contributed by atoms with Gasteiger partial charge in [0.15, 0.2) is 11.5 Å². The van der Waals surface area contributed by atoms with Gasteiger partial charge in [-0.3, -0.25) is 9.69 Å². The summed E-state index contributed by atoms with van der Waals surface area (Å²) in [6.07, 6.45) is 1.89. The fourth-order valence-corrected chi connectivity index (χ4v) is 3.45. The number of phenols is 1. The van der Waals surface area contributed by atoms with Crippen LogP contribution in [-0.4, -0.2) is 42.8 Å². The number of nitrogens with zero attached hydrogens (tertiary/aromatic N) is 1. The van der Waals surface area contributed by atoms with E-state index in [4.69, 9.17) is 9.47 Å². The zero-order chi connectivity index (χ0) is 16.1. The number of phenolic OH excluding ortho intramolecular Hbond substituents is 1. The van der Waals surface area contributed by atoms with E-state index in [1.165, 1.54) is 0 Å². The molecule has 0 aromatic heterocycles. The minimum absolute atomic E-state index is 0.0354. The number of ether oxygens (including phenoxy) is 2. The summed E-state index contributed by atoms with van der Waals surface area (Å²) in [5, 5.41) is 9.89. The van der Waals surface area contributed by atoms with Crippen molar-refractivity contribution < 1.29 is 19.4 Å². The van der Waals surface area contributed by atoms with Gasteiger partial charge in [-0.05, 0) is 66.6 Å². The van der Waals surface area contributed by atoms with Crippen LogP contribution in [0, 0.1) is 9.49 Å². The number of carbonyl (C=O) groups is 1. The Kier molecular flexibility index (Phi) is 6.31. The first-order valence-corrected chi connectivity index (χ1v) is 8.57. The molecule has 1 heterocycles. The lowest BCUT2D eigenvalue weighted by molar-refractivity contribution is -0.150. The zero-order valence-electron chi connectivity index (χ0n) is 13.0. The van der Waals surface area contributed by atoms with Gasteiger partial charge in [0, 0.05) is 13.1 Å². The van der Waals surface area contributed by atoms with Crippen LogP contribution in [0.15, 0.2) is 12.1 Å². The van der Waals surface area contributed by atoms with Crippen LogP contribution in [0.3, 0.4) is 0 Å². The molecule has 1 aromatic rings. The Morgan fingerprint density at radius 3 is 2.95 bits per heavy atom. The Morgan fingerprint density at radius 2 is 2.27 bits per heavy atom. The number of benzene rings is 1. The Bertz CT molecular complexity index is 535. The number of halogens is 1. The molecule has 0 spiro atoms. The van der Waals surface area contributed by atoms with Crippen molar-refractivity contribution in [3.8, 4) is 11.5 Å². The molecule has 0 unspecified atom stereocenters. The van der Waals surface area contributed by atoms with Crippen LogP contribution >= 0.6 is 22.6 Å². The molecule has 0 amide bonds. The number of carbonyl (C=O) groups excluding carboxylic acids is 1. The molecule has 5 nitrogen and oxygen atoms in total. The number of aromatic hydroxyl groups is 1. The molecule has 1 atom stereocenters. The summed E-state index contributed by atoms with van der Waals surface area (Å²) in [6, 6.07) is 3.80. The summed E-state index contributed by atoms with van der Waals surface area (Å²) in [5.74, 6) is 0.535. The van der Waals surface area contributed by atoms with E-state index >= 15 is 0 Å². The third-order valence-corrected chi connectivity index (χ3v) is 4.66. The van der Waals surface area contributed by atoms with Gasteiger partial charge in [-0.2, -0.15) is 0 Å². The van der Waals surface area contributed by atoms with E-state index in [2.05, 4.69) is 27.5 Å². The fraction of sp³-hybridized carbons (Fsp3) is 0.562. The van der Waals surface area contributed by atoms with E-state index in [9.17, 15) is 9.90 Å². The van der Waals surface area contributed by atoms with Gasteiger partial charge in [0.2, 0.25) is 0 Å². The first-order chi connectivity index (χ1) is 10.5. The van der Waals surface area contributed by atoms with E-state index in [0.717, 1.165) is 41.6 Å². The number of hydrogen-bond donors (Lipinski definition) is 1. The average Bonchev–Trinajstić information content (AvgIpc) is 2.51. The maximum absolute atomic E-state index is 11.9. The van der Waals surface area contributed by atoms with Gasteiger partial charge in [-0.25, -0.2) is 0 Å². The summed E-state index contributed by atoms with van der Waals surface area (Å²) < 4.78 is 11.1. The highest BCUT2D eigenvalue weighted by molar-refractivity contribution is 14.1. The summed E-state index contributed by atoms with van der Waals surface area (Å²) >= 11 is 2.10. The highest BCUT2D eigenvalue weighted by atomic mass is 127. The van der Waals surface area contributed by atoms with Crippen molar-refractivity contribution in [1.82, 2.24) is 4.90 Å². The van der Waals surface area contributed by atoms with Crippen LogP contribution in [0.25, 0.3) is 0 Å². The van der Waals surface area contributed by atoms with Gasteiger partial charge >= 0.3 is 5.97 Å². The highest BCUT2D eigenvalue weighted by Gasteiger charge is 2.27. The molecule has 0 bridgehead atoms. The third-order valence-electron chi connectivity index (χ3n) is 3.84. The topological polar surface area (TPSA) is 59.0 Å². The maximum atomic E-state index is 11.9. The van der Waals surface area contributed by atoms with Crippen molar-refractivity contribution in [2.45, 2.75) is 26.3 Å². The second-order valence-corrected chi connectivity index (χ2v) is 6.62. The summed E-state index contributed by atoms with van der Waals surface area (Å²) in [6.45, 7) is 4.70. The van der Waals surface area contributed by atoms with E-state index in [-0.39, 0.29) is 17.6 Å². The molecule has 1 N–H and O–H groups in total. The Balaban J connectivity index is 2.04. The number of piperidine rings is 1. The van der Waals surface area contributed by atoms with Gasteiger partial charge in [-0.1, -0.05) is 0 Å². The monoisotopic (exact) mass is 419 g/mol. The van der Waals surface area contributed by atoms with Crippen molar-refractivity contribution >= 4 is 28.6 Å². The van der Waals surface area contributed by atoms with Gasteiger partial charge < -0.3 is 14.6 Å². The van der Waals surface area contributed by atoms with Crippen LogP contribution in [0.1, 0.15) is 25.3 Å². The molecule has 0 aliphatic carbocycles.